The monoisotopic (exact) mass is 301 g/mol. The topological polar surface area (TPSA) is 46.1 Å². The number of ketones is 1. The van der Waals surface area contributed by atoms with Crippen LogP contribution in [0.2, 0.25) is 0 Å². The first kappa shape index (κ1) is 14.4. The largest absolute Gasteiger partial charge is 0.298 e. The number of hydrogen-bond donors (Lipinski definition) is 0. The van der Waals surface area contributed by atoms with E-state index in [0.29, 0.717) is 5.92 Å². The predicted octanol–water partition coefficient (Wildman–Crippen LogP) is 3.12. The average Bonchev–Trinajstić information content (AvgIpc) is 2.97. The van der Waals surface area contributed by atoms with Crippen LogP contribution in [0.4, 0.5) is 0 Å². The number of likely N-dealkylation sites (tertiary alicyclic amines) is 1. The van der Waals surface area contributed by atoms with Crippen LogP contribution < -0.4 is 0 Å². The van der Waals surface area contributed by atoms with Gasteiger partial charge in [0.05, 0.1) is 4.88 Å². The van der Waals surface area contributed by atoms with Crippen LogP contribution in [0.5, 0.6) is 0 Å². The number of aromatic nitrogens is 2. The average molecular weight is 301 g/mol. The van der Waals surface area contributed by atoms with E-state index in [4.69, 9.17) is 0 Å². The number of carbonyl (C=O) groups is 1. The molecule has 1 aliphatic rings. The fourth-order valence-corrected chi connectivity index (χ4v) is 3.69. The number of hydrogen-bond acceptors (Lipinski definition) is 5. The Balaban J connectivity index is 1.64. The van der Waals surface area contributed by atoms with Crippen LogP contribution in [-0.2, 0) is 6.54 Å². The Morgan fingerprint density at radius 1 is 1.52 bits per heavy atom. The quantitative estimate of drug-likeness (QED) is 0.814. The molecule has 1 fully saturated rings. The van der Waals surface area contributed by atoms with Crippen molar-refractivity contribution in [2.24, 2.45) is 0 Å². The van der Waals surface area contributed by atoms with E-state index in [2.05, 4.69) is 20.2 Å². The lowest BCUT2D eigenvalue weighted by Crippen LogP contribution is -2.34. The molecule has 2 aromatic rings. The third-order valence-corrected chi connectivity index (χ3v) is 5.02. The van der Waals surface area contributed by atoms with Crippen molar-refractivity contribution in [3.05, 3.63) is 46.2 Å². The molecule has 5 heteroatoms. The van der Waals surface area contributed by atoms with Crippen molar-refractivity contribution in [1.82, 2.24) is 14.9 Å². The van der Waals surface area contributed by atoms with Gasteiger partial charge in [0.25, 0.3) is 0 Å². The lowest BCUT2D eigenvalue weighted by molar-refractivity contribution is 0.102. The molecule has 1 unspecified atom stereocenters. The van der Waals surface area contributed by atoms with Gasteiger partial charge >= 0.3 is 0 Å². The van der Waals surface area contributed by atoms with Gasteiger partial charge in [-0.3, -0.25) is 9.69 Å². The third kappa shape index (κ3) is 3.54. The van der Waals surface area contributed by atoms with Gasteiger partial charge in [-0.1, -0.05) is 0 Å². The summed E-state index contributed by atoms with van der Waals surface area (Å²) in [5.41, 5.74) is 2.39. The molecule has 0 bridgehead atoms. The summed E-state index contributed by atoms with van der Waals surface area (Å²) in [6, 6.07) is 4.05. The molecule has 0 radical (unpaired) electrons. The number of rotatable bonds is 4. The first-order valence-electron chi connectivity index (χ1n) is 7.29. The van der Waals surface area contributed by atoms with Crippen LogP contribution in [0.3, 0.4) is 0 Å². The molecule has 110 valence electrons. The summed E-state index contributed by atoms with van der Waals surface area (Å²) in [6.07, 6.45) is 5.83. The van der Waals surface area contributed by atoms with Gasteiger partial charge in [0.15, 0.2) is 5.78 Å². The van der Waals surface area contributed by atoms with Gasteiger partial charge < -0.3 is 0 Å². The maximum absolute atomic E-state index is 11.4. The molecule has 0 aliphatic carbocycles. The molecule has 3 rings (SSSR count). The van der Waals surface area contributed by atoms with Crippen molar-refractivity contribution < 1.29 is 4.79 Å². The Morgan fingerprint density at radius 3 is 3.14 bits per heavy atom. The maximum Gasteiger partial charge on any atom is 0.169 e. The molecule has 0 N–H and O–H groups in total. The van der Waals surface area contributed by atoms with Crippen molar-refractivity contribution >= 4 is 17.1 Å². The molecule has 21 heavy (non-hydrogen) atoms. The molecule has 0 spiro atoms. The summed E-state index contributed by atoms with van der Waals surface area (Å²) in [5, 5.41) is 2.10. The molecule has 2 aromatic heterocycles. The lowest BCUT2D eigenvalue weighted by Gasteiger charge is -2.32. The molecule has 0 amide bonds. The molecule has 0 saturated carbocycles. The van der Waals surface area contributed by atoms with Gasteiger partial charge in [0.2, 0.25) is 0 Å². The molecule has 1 saturated heterocycles. The van der Waals surface area contributed by atoms with Gasteiger partial charge in [0.1, 0.15) is 6.33 Å². The second kappa shape index (κ2) is 6.45. The zero-order chi connectivity index (χ0) is 14.7. The van der Waals surface area contributed by atoms with Crippen molar-refractivity contribution in [3.8, 4) is 0 Å². The second-order valence-corrected chi connectivity index (χ2v) is 6.50. The van der Waals surface area contributed by atoms with Crippen LogP contribution >= 0.6 is 11.3 Å². The normalized spacial score (nSPS) is 19.6. The highest BCUT2D eigenvalue weighted by molar-refractivity contribution is 7.12. The zero-order valence-corrected chi connectivity index (χ0v) is 13.0. The Morgan fingerprint density at radius 2 is 2.43 bits per heavy atom. The SMILES string of the molecule is CC(=O)c1cc(CN2CCCC(c3ccncn3)C2)cs1. The number of thiophene rings is 1. The highest BCUT2D eigenvalue weighted by atomic mass is 32.1. The van der Waals surface area contributed by atoms with Crippen LogP contribution in [0.1, 0.15) is 46.6 Å². The van der Waals surface area contributed by atoms with Gasteiger partial charge in [-0.05, 0) is 49.4 Å². The first-order chi connectivity index (χ1) is 10.2. The van der Waals surface area contributed by atoms with E-state index in [1.165, 1.54) is 18.4 Å². The molecule has 1 atom stereocenters. The number of Topliss-reactive ketones (excluding diaryl/α,β-unsaturated/α-hetero) is 1. The van der Waals surface area contributed by atoms with E-state index < -0.39 is 0 Å². The second-order valence-electron chi connectivity index (χ2n) is 5.58. The van der Waals surface area contributed by atoms with Crippen LogP contribution in [0.15, 0.2) is 30.0 Å². The smallest absolute Gasteiger partial charge is 0.169 e. The number of piperidine rings is 1. The van der Waals surface area contributed by atoms with Crippen LogP contribution in [0, 0.1) is 0 Å². The van der Waals surface area contributed by atoms with E-state index in [1.807, 2.05) is 18.3 Å². The van der Waals surface area contributed by atoms with Crippen molar-refractivity contribution in [2.75, 3.05) is 13.1 Å². The standard InChI is InChI=1S/C16H19N3OS/c1-12(20)16-7-13(10-21-16)8-19-6-2-3-14(9-19)15-4-5-17-11-18-15/h4-5,7,10-11,14H,2-3,6,8-9H2,1H3. The predicted molar refractivity (Wildman–Crippen MR) is 83.6 cm³/mol. The molecule has 1 aliphatic heterocycles. The summed E-state index contributed by atoms with van der Waals surface area (Å²) >= 11 is 1.55. The highest BCUT2D eigenvalue weighted by Gasteiger charge is 2.22. The minimum atomic E-state index is 0.156. The van der Waals surface area contributed by atoms with E-state index >= 15 is 0 Å². The van der Waals surface area contributed by atoms with E-state index in [9.17, 15) is 4.79 Å². The molecule has 3 heterocycles. The van der Waals surface area contributed by atoms with Gasteiger partial charge in [0, 0.05) is 30.9 Å². The Labute approximate surface area is 128 Å². The molecule has 4 nitrogen and oxygen atoms in total. The first-order valence-corrected chi connectivity index (χ1v) is 8.17. The number of carbonyl (C=O) groups excluding carboxylic acids is 1. The maximum atomic E-state index is 11.4. The summed E-state index contributed by atoms with van der Waals surface area (Å²) in [5.74, 6) is 0.649. The minimum Gasteiger partial charge on any atom is -0.298 e. The molecular formula is C16H19N3OS. The summed E-state index contributed by atoms with van der Waals surface area (Å²) in [7, 11) is 0. The number of nitrogens with zero attached hydrogens (tertiary/aromatic N) is 3. The highest BCUT2D eigenvalue weighted by Crippen LogP contribution is 2.27. The Kier molecular flexibility index (Phi) is 4.41. The minimum absolute atomic E-state index is 0.156. The zero-order valence-electron chi connectivity index (χ0n) is 12.2. The van der Waals surface area contributed by atoms with Gasteiger partial charge in [-0.15, -0.1) is 11.3 Å². The fraction of sp³-hybridized carbons (Fsp3) is 0.438. The Bertz CT molecular complexity index is 611. The van der Waals surface area contributed by atoms with E-state index in [1.54, 1.807) is 24.6 Å². The summed E-state index contributed by atoms with van der Waals surface area (Å²) in [6.45, 7) is 4.70. The van der Waals surface area contributed by atoms with Crippen molar-refractivity contribution in [1.29, 1.82) is 0 Å². The Hall–Kier alpha value is -1.59. The fourth-order valence-electron chi connectivity index (χ4n) is 2.88. The third-order valence-electron chi connectivity index (χ3n) is 3.94. The molecular weight excluding hydrogens is 282 g/mol. The molecule has 0 aromatic carbocycles. The lowest BCUT2D eigenvalue weighted by atomic mass is 9.94. The summed E-state index contributed by atoms with van der Waals surface area (Å²) < 4.78 is 0. The van der Waals surface area contributed by atoms with Crippen molar-refractivity contribution in [3.63, 3.8) is 0 Å². The van der Waals surface area contributed by atoms with E-state index in [0.717, 1.165) is 30.2 Å². The van der Waals surface area contributed by atoms with E-state index in [-0.39, 0.29) is 5.78 Å². The van der Waals surface area contributed by atoms with Gasteiger partial charge in [-0.25, -0.2) is 9.97 Å². The van der Waals surface area contributed by atoms with Crippen LogP contribution in [0.25, 0.3) is 0 Å². The van der Waals surface area contributed by atoms with Gasteiger partial charge in [-0.2, -0.15) is 0 Å². The summed E-state index contributed by atoms with van der Waals surface area (Å²) in [4.78, 5) is 23.1. The van der Waals surface area contributed by atoms with Crippen molar-refractivity contribution in [2.45, 2.75) is 32.2 Å². The van der Waals surface area contributed by atoms with Crippen LogP contribution in [-0.4, -0.2) is 33.7 Å².